The van der Waals surface area contributed by atoms with Crippen molar-refractivity contribution in [1.82, 2.24) is 4.90 Å². The van der Waals surface area contributed by atoms with Gasteiger partial charge in [0.05, 0.1) is 20.0 Å². The quantitative estimate of drug-likeness (QED) is 0.117. The van der Waals surface area contributed by atoms with Gasteiger partial charge in [0.15, 0.2) is 11.5 Å². The highest BCUT2D eigenvalue weighted by Gasteiger charge is 2.36. The van der Waals surface area contributed by atoms with E-state index in [1.807, 2.05) is 19.9 Å². The second-order valence-electron chi connectivity index (χ2n) is 8.66. The van der Waals surface area contributed by atoms with Crippen LogP contribution in [-0.4, -0.2) is 40.0 Å². The van der Waals surface area contributed by atoms with Gasteiger partial charge in [-0.05, 0) is 107 Å². The van der Waals surface area contributed by atoms with Crippen LogP contribution in [0.25, 0.3) is 6.08 Å². The maximum atomic E-state index is 13.0. The standard InChI is InChI=1S/C28H24IN3O7S/c1-3-38-23-13-19(12-22(29)26(23)39-16-18-7-9-21(10-8-18)32(36)37)14-24-27(34)31(28(35)40-24)15-25(33)30-20-6-4-5-17(2)11-20/h4-14H,3,15-16H2,1-2H3,(H,30,33)/b24-14+. The number of nitrogens with zero attached hydrogens (tertiary/aromatic N) is 2. The van der Waals surface area contributed by atoms with Crippen LogP contribution in [0.5, 0.6) is 11.5 Å². The number of anilines is 1. The molecule has 12 heteroatoms. The molecule has 40 heavy (non-hydrogen) atoms. The molecule has 0 radical (unpaired) electrons. The number of rotatable bonds is 10. The Hall–Kier alpha value is -3.91. The monoisotopic (exact) mass is 673 g/mol. The molecule has 0 aromatic heterocycles. The summed E-state index contributed by atoms with van der Waals surface area (Å²) < 4.78 is 12.5. The maximum Gasteiger partial charge on any atom is 0.294 e. The van der Waals surface area contributed by atoms with E-state index >= 15 is 0 Å². The van der Waals surface area contributed by atoms with Crippen molar-refractivity contribution in [3.8, 4) is 11.5 Å². The van der Waals surface area contributed by atoms with Crippen LogP contribution in [0.4, 0.5) is 16.2 Å². The van der Waals surface area contributed by atoms with E-state index in [2.05, 4.69) is 27.9 Å². The van der Waals surface area contributed by atoms with Crippen molar-refractivity contribution in [3.05, 3.63) is 95.9 Å². The Morgan fingerprint density at radius 1 is 1.12 bits per heavy atom. The van der Waals surface area contributed by atoms with E-state index < -0.39 is 28.5 Å². The fourth-order valence-electron chi connectivity index (χ4n) is 3.80. The molecule has 3 aromatic carbocycles. The molecule has 1 fully saturated rings. The fourth-order valence-corrected chi connectivity index (χ4v) is 5.42. The van der Waals surface area contributed by atoms with Crippen molar-refractivity contribution in [2.45, 2.75) is 20.5 Å². The summed E-state index contributed by atoms with van der Waals surface area (Å²) in [5, 5.41) is 13.1. The minimum absolute atomic E-state index is 0.00555. The molecule has 3 amide bonds. The summed E-state index contributed by atoms with van der Waals surface area (Å²) in [7, 11) is 0. The molecule has 1 N–H and O–H groups in total. The lowest BCUT2D eigenvalue weighted by Gasteiger charge is -2.15. The van der Waals surface area contributed by atoms with Crippen molar-refractivity contribution in [3.63, 3.8) is 0 Å². The number of ether oxygens (including phenoxy) is 2. The number of carbonyl (C=O) groups excluding carboxylic acids is 3. The first-order chi connectivity index (χ1) is 19.1. The van der Waals surface area contributed by atoms with Crippen molar-refractivity contribution in [2.24, 2.45) is 0 Å². The molecule has 1 heterocycles. The summed E-state index contributed by atoms with van der Waals surface area (Å²) in [5.74, 6) is -0.101. The lowest BCUT2D eigenvalue weighted by atomic mass is 10.1. The van der Waals surface area contributed by atoms with Crippen LogP contribution in [0.2, 0.25) is 0 Å². The molecule has 0 bridgehead atoms. The van der Waals surface area contributed by atoms with Gasteiger partial charge < -0.3 is 14.8 Å². The molecule has 4 rings (SSSR count). The number of non-ortho nitro benzene ring substituents is 1. The molecule has 0 aliphatic carbocycles. The highest BCUT2D eigenvalue weighted by atomic mass is 127. The van der Waals surface area contributed by atoms with E-state index in [1.54, 1.807) is 48.5 Å². The average molecular weight is 673 g/mol. The number of nitro groups is 1. The van der Waals surface area contributed by atoms with E-state index in [-0.39, 0.29) is 17.2 Å². The van der Waals surface area contributed by atoms with Gasteiger partial charge in [-0.15, -0.1) is 0 Å². The number of halogens is 1. The van der Waals surface area contributed by atoms with E-state index in [4.69, 9.17) is 9.47 Å². The zero-order chi connectivity index (χ0) is 28.8. The van der Waals surface area contributed by atoms with Crippen LogP contribution < -0.4 is 14.8 Å². The summed E-state index contributed by atoms with van der Waals surface area (Å²) >= 11 is 2.85. The van der Waals surface area contributed by atoms with Crippen molar-refractivity contribution in [2.75, 3.05) is 18.5 Å². The van der Waals surface area contributed by atoms with Crippen LogP contribution in [-0.2, 0) is 16.2 Å². The molecule has 1 saturated heterocycles. The number of nitrogens with one attached hydrogen (secondary N) is 1. The van der Waals surface area contributed by atoms with Crippen LogP contribution in [0.15, 0.2) is 65.6 Å². The van der Waals surface area contributed by atoms with Crippen LogP contribution in [0.3, 0.4) is 0 Å². The number of aryl methyl sites for hydroxylation is 1. The third kappa shape index (κ3) is 7.18. The van der Waals surface area contributed by atoms with E-state index in [0.717, 1.165) is 27.8 Å². The second kappa shape index (κ2) is 13.0. The van der Waals surface area contributed by atoms with Crippen LogP contribution in [0, 0.1) is 20.6 Å². The number of benzene rings is 3. The zero-order valence-electron chi connectivity index (χ0n) is 21.5. The van der Waals surface area contributed by atoms with Gasteiger partial charge in [0.1, 0.15) is 13.2 Å². The smallest absolute Gasteiger partial charge is 0.294 e. The molecule has 0 saturated carbocycles. The number of imide groups is 1. The van der Waals surface area contributed by atoms with Gasteiger partial charge in [0.2, 0.25) is 5.91 Å². The van der Waals surface area contributed by atoms with Gasteiger partial charge in [-0.3, -0.25) is 29.4 Å². The Balaban J connectivity index is 1.48. The minimum atomic E-state index is -0.555. The van der Waals surface area contributed by atoms with E-state index in [1.165, 1.54) is 12.1 Å². The number of thioether (sulfide) groups is 1. The van der Waals surface area contributed by atoms with Crippen molar-refractivity contribution < 1.29 is 28.8 Å². The molecule has 3 aromatic rings. The third-order valence-electron chi connectivity index (χ3n) is 5.64. The molecule has 1 aliphatic heterocycles. The average Bonchev–Trinajstić information content (AvgIpc) is 3.15. The molecular formula is C28H24IN3O7S. The predicted molar refractivity (Wildman–Crippen MR) is 160 cm³/mol. The van der Waals surface area contributed by atoms with E-state index in [0.29, 0.717) is 32.9 Å². The van der Waals surface area contributed by atoms with Gasteiger partial charge in [-0.1, -0.05) is 12.1 Å². The Labute approximate surface area is 248 Å². The topological polar surface area (TPSA) is 128 Å². The molecule has 0 atom stereocenters. The molecule has 0 spiro atoms. The summed E-state index contributed by atoms with van der Waals surface area (Å²) in [6.45, 7) is 3.85. The number of hydrogen-bond acceptors (Lipinski definition) is 8. The van der Waals surface area contributed by atoms with E-state index in [9.17, 15) is 24.5 Å². The Bertz CT molecular complexity index is 1510. The highest BCUT2D eigenvalue weighted by Crippen LogP contribution is 2.38. The van der Waals surface area contributed by atoms with Gasteiger partial charge in [-0.2, -0.15) is 0 Å². The first-order valence-electron chi connectivity index (χ1n) is 12.1. The molecule has 206 valence electrons. The molecular weight excluding hydrogens is 649 g/mol. The summed E-state index contributed by atoms with van der Waals surface area (Å²) in [4.78, 5) is 49.6. The lowest BCUT2D eigenvalue weighted by Crippen LogP contribution is -2.36. The number of carbonyl (C=O) groups is 3. The first-order valence-corrected chi connectivity index (χ1v) is 14.0. The Morgan fingerprint density at radius 3 is 2.55 bits per heavy atom. The second-order valence-corrected chi connectivity index (χ2v) is 10.8. The Morgan fingerprint density at radius 2 is 1.88 bits per heavy atom. The normalized spacial score (nSPS) is 14.0. The van der Waals surface area contributed by atoms with Crippen LogP contribution >= 0.6 is 34.4 Å². The molecule has 1 aliphatic rings. The van der Waals surface area contributed by atoms with Gasteiger partial charge in [0.25, 0.3) is 16.8 Å². The number of hydrogen-bond donors (Lipinski definition) is 1. The predicted octanol–water partition coefficient (Wildman–Crippen LogP) is 6.16. The van der Waals surface area contributed by atoms with Gasteiger partial charge >= 0.3 is 0 Å². The molecule has 0 unspecified atom stereocenters. The minimum Gasteiger partial charge on any atom is -0.490 e. The van der Waals surface area contributed by atoms with Crippen LogP contribution in [0.1, 0.15) is 23.6 Å². The summed E-state index contributed by atoms with van der Waals surface area (Å²) in [6, 6.07) is 16.8. The fraction of sp³-hybridized carbons (Fsp3) is 0.179. The number of amides is 3. The highest BCUT2D eigenvalue weighted by molar-refractivity contribution is 14.1. The third-order valence-corrected chi connectivity index (χ3v) is 7.35. The lowest BCUT2D eigenvalue weighted by molar-refractivity contribution is -0.384. The van der Waals surface area contributed by atoms with Crippen molar-refractivity contribution in [1.29, 1.82) is 0 Å². The largest absolute Gasteiger partial charge is 0.490 e. The SMILES string of the molecule is CCOc1cc(/C=C2/SC(=O)N(CC(=O)Nc3cccc(C)c3)C2=O)cc(I)c1OCc1ccc([N+](=O)[O-])cc1. The summed E-state index contributed by atoms with van der Waals surface area (Å²) in [5.41, 5.74) is 2.91. The number of nitro benzene ring substituents is 1. The van der Waals surface area contributed by atoms with Crippen molar-refractivity contribution >= 4 is 68.9 Å². The van der Waals surface area contributed by atoms with Gasteiger partial charge in [-0.25, -0.2) is 0 Å². The zero-order valence-corrected chi connectivity index (χ0v) is 24.5. The first kappa shape index (κ1) is 29.1. The van der Waals surface area contributed by atoms with Gasteiger partial charge in [0, 0.05) is 17.8 Å². The summed E-state index contributed by atoms with van der Waals surface area (Å²) in [6.07, 6.45) is 1.58. The maximum absolute atomic E-state index is 13.0. The molecule has 10 nitrogen and oxygen atoms in total. The Kier molecular flexibility index (Phi) is 9.42.